The van der Waals surface area contributed by atoms with Crippen molar-refractivity contribution in [1.29, 1.82) is 0 Å². The Morgan fingerprint density at radius 1 is 1.02 bits per heavy atom. The summed E-state index contributed by atoms with van der Waals surface area (Å²) in [4.78, 5) is 28.7. The molecule has 3 saturated carbocycles. The van der Waals surface area contributed by atoms with Gasteiger partial charge in [0.25, 0.3) is 0 Å². The van der Waals surface area contributed by atoms with E-state index >= 15 is 0 Å². The van der Waals surface area contributed by atoms with Gasteiger partial charge < -0.3 is 14.6 Å². The molecule has 6 rings (SSSR count). The van der Waals surface area contributed by atoms with Gasteiger partial charge in [-0.3, -0.25) is 14.5 Å². The molecule has 0 aromatic rings. The summed E-state index contributed by atoms with van der Waals surface area (Å²) in [7, 11) is 0. The maximum atomic E-state index is 13.3. The summed E-state index contributed by atoms with van der Waals surface area (Å²) in [6.45, 7) is 4.23. The van der Waals surface area contributed by atoms with Crippen molar-refractivity contribution in [2.45, 2.75) is 153 Å². The van der Waals surface area contributed by atoms with Gasteiger partial charge in [-0.2, -0.15) is 0 Å². The highest BCUT2D eigenvalue weighted by Crippen LogP contribution is 2.69. The molecule has 1 spiro atoms. The number of rotatable bonds is 18. The van der Waals surface area contributed by atoms with Crippen LogP contribution in [0, 0.1) is 23.2 Å². The van der Waals surface area contributed by atoms with Crippen molar-refractivity contribution in [2.75, 3.05) is 13.1 Å². The fourth-order valence-electron chi connectivity index (χ4n) is 9.45. The maximum absolute atomic E-state index is 13.3. The molecule has 2 saturated heterocycles. The summed E-state index contributed by atoms with van der Waals surface area (Å²) >= 11 is 0. The summed E-state index contributed by atoms with van der Waals surface area (Å²) in [6.07, 6.45) is 29.6. The second-order valence-electron chi connectivity index (χ2n) is 14.9. The largest absolute Gasteiger partial charge is 0.482 e. The molecular formula is C38H57NO5. The summed E-state index contributed by atoms with van der Waals surface area (Å²) in [6, 6.07) is 0.0616. The van der Waals surface area contributed by atoms with Crippen LogP contribution < -0.4 is 0 Å². The van der Waals surface area contributed by atoms with Gasteiger partial charge in [0.15, 0.2) is 17.6 Å². The first kappa shape index (κ1) is 32.0. The standard InChI is InChI=1S/C38H57NO5/c1-2-3-4-5-6-7-8-9-10-11-12-13-14-15-16-17-33(41)43-31-21-20-29-26-32-38(42)23-22-30(40)36-37(38,34(29)35(31)44-36)24-25-39(32)27-28-18-19-28/h9-10,20-21,28-29,32,34,36,42H,2-8,11-19,22-27H2,1H3/b10-9+/t29?,32?,34?,36-,37-,38+/m0/s1. The molecule has 0 amide bonds. The number of hydrogen-bond donors (Lipinski definition) is 1. The predicted octanol–water partition coefficient (Wildman–Crippen LogP) is 7.95. The third kappa shape index (κ3) is 6.36. The number of hydrogen-bond acceptors (Lipinski definition) is 6. The van der Waals surface area contributed by atoms with Gasteiger partial charge in [-0.1, -0.05) is 76.5 Å². The molecule has 6 heteroatoms. The maximum Gasteiger partial charge on any atom is 0.311 e. The van der Waals surface area contributed by atoms with E-state index in [0.717, 1.165) is 57.5 Å². The molecule has 4 aliphatic carbocycles. The number of piperidine rings is 1. The van der Waals surface area contributed by atoms with Gasteiger partial charge in [-0.05, 0) is 88.7 Å². The lowest BCUT2D eigenvalue weighted by molar-refractivity contribution is -0.244. The van der Waals surface area contributed by atoms with Crippen LogP contribution in [0.3, 0.4) is 0 Å². The van der Waals surface area contributed by atoms with Crippen molar-refractivity contribution in [3.05, 3.63) is 35.8 Å². The second-order valence-corrected chi connectivity index (χ2v) is 14.9. The molecule has 2 bridgehead atoms. The lowest BCUT2D eigenvalue weighted by atomic mass is 9.44. The van der Waals surface area contributed by atoms with Crippen LogP contribution in [-0.2, 0) is 19.1 Å². The van der Waals surface area contributed by atoms with Gasteiger partial charge in [0, 0.05) is 31.3 Å². The van der Waals surface area contributed by atoms with Crippen LogP contribution in [-0.4, -0.2) is 52.6 Å². The quantitative estimate of drug-likeness (QED) is 0.0968. The van der Waals surface area contributed by atoms with Crippen LogP contribution in [0.25, 0.3) is 0 Å². The van der Waals surface area contributed by atoms with Gasteiger partial charge in [0.05, 0.1) is 11.0 Å². The van der Waals surface area contributed by atoms with Crippen LogP contribution in [0.15, 0.2) is 35.8 Å². The molecule has 0 aromatic heterocycles. The minimum absolute atomic E-state index is 0.0616. The first-order valence-electron chi connectivity index (χ1n) is 18.4. The van der Waals surface area contributed by atoms with E-state index in [1.54, 1.807) is 0 Å². The highest BCUT2D eigenvalue weighted by Gasteiger charge is 2.77. The Morgan fingerprint density at radius 3 is 2.45 bits per heavy atom. The summed E-state index contributed by atoms with van der Waals surface area (Å²) in [5.41, 5.74) is -1.55. The van der Waals surface area contributed by atoms with Crippen molar-refractivity contribution in [3.63, 3.8) is 0 Å². The highest BCUT2D eigenvalue weighted by atomic mass is 16.6. The van der Waals surface area contributed by atoms with Crippen LogP contribution in [0.2, 0.25) is 0 Å². The van der Waals surface area contributed by atoms with E-state index in [1.165, 1.54) is 70.6 Å². The number of unbranched alkanes of at least 4 members (excludes halogenated alkanes) is 11. The number of allylic oxidation sites excluding steroid dienone is 5. The summed E-state index contributed by atoms with van der Waals surface area (Å²) in [5, 5.41) is 12.5. The van der Waals surface area contributed by atoms with Gasteiger partial charge in [0.2, 0.25) is 0 Å². The molecule has 0 aromatic carbocycles. The Bertz CT molecular complexity index is 1120. The molecule has 6 nitrogen and oxygen atoms in total. The molecule has 244 valence electrons. The van der Waals surface area contributed by atoms with Crippen molar-refractivity contribution in [3.8, 4) is 0 Å². The van der Waals surface area contributed by atoms with E-state index in [4.69, 9.17) is 9.47 Å². The average Bonchev–Trinajstić information content (AvgIpc) is 3.76. The topological polar surface area (TPSA) is 76.1 Å². The van der Waals surface area contributed by atoms with Gasteiger partial charge in [0.1, 0.15) is 5.76 Å². The van der Waals surface area contributed by atoms with E-state index in [1.807, 2.05) is 6.08 Å². The number of carbonyl (C=O) groups excluding carboxylic acids is 2. The normalized spacial score (nSPS) is 34.0. The number of nitrogens with zero attached hydrogens (tertiary/aromatic N) is 1. The Hall–Kier alpha value is -1.92. The Kier molecular flexibility index (Phi) is 10.4. The smallest absolute Gasteiger partial charge is 0.311 e. The zero-order valence-corrected chi connectivity index (χ0v) is 27.3. The first-order valence-corrected chi connectivity index (χ1v) is 18.4. The average molecular weight is 608 g/mol. The Balaban J connectivity index is 0.957. The van der Waals surface area contributed by atoms with Gasteiger partial charge >= 0.3 is 5.97 Å². The van der Waals surface area contributed by atoms with Crippen molar-refractivity contribution in [1.82, 2.24) is 4.90 Å². The third-order valence-electron chi connectivity index (χ3n) is 11.9. The van der Waals surface area contributed by atoms with E-state index in [0.29, 0.717) is 30.8 Å². The predicted molar refractivity (Wildman–Crippen MR) is 173 cm³/mol. The number of likely N-dealkylation sites (tertiary alicyclic amines) is 1. The number of ketones is 1. The highest BCUT2D eigenvalue weighted by molar-refractivity contribution is 5.87. The zero-order chi connectivity index (χ0) is 30.6. The van der Waals surface area contributed by atoms with Crippen molar-refractivity contribution >= 4 is 11.8 Å². The molecule has 0 radical (unpaired) electrons. The van der Waals surface area contributed by atoms with Crippen LogP contribution in [0.5, 0.6) is 0 Å². The molecule has 1 N–H and O–H groups in total. The van der Waals surface area contributed by atoms with Crippen molar-refractivity contribution < 1.29 is 24.2 Å². The summed E-state index contributed by atoms with van der Waals surface area (Å²) in [5.74, 6) is 1.88. The molecule has 2 heterocycles. The monoisotopic (exact) mass is 607 g/mol. The third-order valence-corrected chi connectivity index (χ3v) is 11.9. The Labute approximate surface area is 265 Å². The first-order chi connectivity index (χ1) is 21.5. The number of esters is 1. The van der Waals surface area contributed by atoms with Crippen LogP contribution in [0.1, 0.15) is 135 Å². The van der Waals surface area contributed by atoms with E-state index in [-0.39, 0.29) is 29.6 Å². The summed E-state index contributed by atoms with van der Waals surface area (Å²) < 4.78 is 12.4. The molecule has 2 aliphatic heterocycles. The second kappa shape index (κ2) is 14.2. The van der Waals surface area contributed by atoms with E-state index in [9.17, 15) is 14.7 Å². The van der Waals surface area contributed by atoms with Gasteiger partial charge in [-0.15, -0.1) is 0 Å². The molecule has 3 unspecified atom stereocenters. The Morgan fingerprint density at radius 2 is 1.73 bits per heavy atom. The number of Topliss-reactive ketones (excluding diaryl/α,β-unsaturated/α-hetero) is 1. The van der Waals surface area contributed by atoms with E-state index in [2.05, 4.69) is 30.1 Å². The number of ether oxygens (including phenoxy) is 2. The number of aliphatic hydroxyl groups is 1. The fraction of sp³-hybridized carbons (Fsp3) is 0.789. The molecular weight excluding hydrogens is 550 g/mol. The molecule has 6 aliphatic rings. The number of carbonyl (C=O) groups is 2. The minimum atomic E-state index is -0.939. The van der Waals surface area contributed by atoms with Crippen LogP contribution >= 0.6 is 0 Å². The zero-order valence-electron chi connectivity index (χ0n) is 27.3. The minimum Gasteiger partial charge on any atom is -0.482 e. The van der Waals surface area contributed by atoms with Crippen molar-refractivity contribution in [2.24, 2.45) is 23.2 Å². The fourth-order valence-corrected chi connectivity index (χ4v) is 9.45. The van der Waals surface area contributed by atoms with E-state index < -0.39 is 17.1 Å². The lowest BCUT2D eigenvalue weighted by Crippen LogP contribution is -2.76. The SMILES string of the molecule is CCCCCCCC/C=C/CCCCCCCC(=O)OC1=C2O[C@H]3C(=O)CC[C@@]4(O)C5CC(C=C1)C2[C@@]34CCN5CC1CC1. The molecule has 5 fully saturated rings. The molecule has 6 atom stereocenters. The van der Waals surface area contributed by atoms with Gasteiger partial charge in [-0.25, -0.2) is 0 Å². The molecule has 44 heavy (non-hydrogen) atoms. The van der Waals surface area contributed by atoms with Crippen LogP contribution in [0.4, 0.5) is 0 Å². The lowest BCUT2D eigenvalue weighted by Gasteiger charge is -2.65.